The molecule has 1 aliphatic heterocycles. The number of hydrogen-bond acceptors (Lipinski definition) is 2. The van der Waals surface area contributed by atoms with Gasteiger partial charge in [-0.3, -0.25) is 4.79 Å². The highest BCUT2D eigenvalue weighted by Gasteiger charge is 2.38. The zero-order valence-corrected chi connectivity index (χ0v) is 13.2. The van der Waals surface area contributed by atoms with Crippen molar-refractivity contribution in [2.24, 2.45) is 17.6 Å². The summed E-state index contributed by atoms with van der Waals surface area (Å²) in [5, 5.41) is 0. The van der Waals surface area contributed by atoms with Crippen LogP contribution in [0, 0.1) is 11.8 Å². The van der Waals surface area contributed by atoms with Gasteiger partial charge in [0.1, 0.15) is 0 Å². The molecule has 0 radical (unpaired) electrons. The van der Waals surface area contributed by atoms with Crippen LogP contribution < -0.4 is 5.73 Å². The highest BCUT2D eigenvalue weighted by Crippen LogP contribution is 2.37. The van der Waals surface area contributed by atoms with Crippen molar-refractivity contribution in [3.05, 3.63) is 0 Å². The molecular weight excluding hydrogens is 272 g/mol. The minimum absolute atomic E-state index is 0. The normalized spacial score (nSPS) is 37.1. The predicted molar refractivity (Wildman–Crippen MR) is 83.9 cm³/mol. The van der Waals surface area contributed by atoms with E-state index >= 15 is 0 Å². The van der Waals surface area contributed by atoms with Crippen LogP contribution in [0.3, 0.4) is 0 Å². The molecule has 0 aromatic heterocycles. The SMILES string of the molecule is Cl.NC1CCCCC1CC(=O)N1CCCC2CCCC21. The van der Waals surface area contributed by atoms with Crippen LogP contribution in [0.25, 0.3) is 0 Å². The van der Waals surface area contributed by atoms with Crippen LogP contribution in [0.2, 0.25) is 0 Å². The Labute approximate surface area is 129 Å². The Morgan fingerprint density at radius 3 is 2.55 bits per heavy atom. The first kappa shape index (κ1) is 16.1. The second-order valence-corrected chi connectivity index (χ2v) is 6.90. The number of halogens is 1. The van der Waals surface area contributed by atoms with Gasteiger partial charge in [0, 0.05) is 25.0 Å². The number of hydrogen-bond donors (Lipinski definition) is 1. The summed E-state index contributed by atoms with van der Waals surface area (Å²) in [4.78, 5) is 14.8. The van der Waals surface area contributed by atoms with Crippen molar-refractivity contribution in [2.75, 3.05) is 6.54 Å². The summed E-state index contributed by atoms with van der Waals surface area (Å²) in [7, 11) is 0. The summed E-state index contributed by atoms with van der Waals surface area (Å²) in [6, 6.07) is 0.836. The molecule has 3 nitrogen and oxygen atoms in total. The minimum Gasteiger partial charge on any atom is -0.339 e. The third-order valence-corrected chi connectivity index (χ3v) is 5.72. The van der Waals surface area contributed by atoms with E-state index in [9.17, 15) is 4.79 Å². The average molecular weight is 301 g/mol. The smallest absolute Gasteiger partial charge is 0.223 e. The van der Waals surface area contributed by atoms with E-state index in [0.29, 0.717) is 24.3 Å². The lowest BCUT2D eigenvalue weighted by Crippen LogP contribution is -2.47. The molecule has 3 fully saturated rings. The average Bonchev–Trinajstić information content (AvgIpc) is 2.89. The van der Waals surface area contributed by atoms with Gasteiger partial charge in [-0.25, -0.2) is 0 Å². The topological polar surface area (TPSA) is 46.3 Å². The Hall–Kier alpha value is -0.280. The molecule has 2 saturated carbocycles. The van der Waals surface area contributed by atoms with Gasteiger partial charge in [-0.05, 0) is 50.4 Å². The summed E-state index contributed by atoms with van der Waals surface area (Å²) < 4.78 is 0. The summed E-state index contributed by atoms with van der Waals surface area (Å²) >= 11 is 0. The molecule has 0 aromatic rings. The molecule has 0 spiro atoms. The van der Waals surface area contributed by atoms with Gasteiger partial charge < -0.3 is 10.6 Å². The lowest BCUT2D eigenvalue weighted by molar-refractivity contribution is -0.137. The Kier molecular flexibility index (Phi) is 5.74. The minimum atomic E-state index is 0. The maximum absolute atomic E-state index is 12.6. The van der Waals surface area contributed by atoms with Crippen LogP contribution in [-0.2, 0) is 4.79 Å². The Bertz CT molecular complexity index is 336. The van der Waals surface area contributed by atoms with Crippen LogP contribution in [0.4, 0.5) is 0 Å². The van der Waals surface area contributed by atoms with E-state index in [1.807, 2.05) is 0 Å². The van der Waals surface area contributed by atoms with Crippen molar-refractivity contribution < 1.29 is 4.79 Å². The number of fused-ring (bicyclic) bond motifs is 1. The molecule has 4 atom stereocenters. The Morgan fingerprint density at radius 2 is 1.75 bits per heavy atom. The summed E-state index contributed by atoms with van der Waals surface area (Å²) in [6.07, 6.45) is 12.0. The number of nitrogens with two attached hydrogens (primary N) is 1. The van der Waals surface area contributed by atoms with Crippen molar-refractivity contribution in [1.29, 1.82) is 0 Å². The van der Waals surface area contributed by atoms with E-state index in [0.717, 1.165) is 25.3 Å². The van der Waals surface area contributed by atoms with Crippen molar-refractivity contribution in [1.82, 2.24) is 4.90 Å². The maximum Gasteiger partial charge on any atom is 0.223 e. The quantitative estimate of drug-likeness (QED) is 0.852. The fraction of sp³-hybridized carbons (Fsp3) is 0.938. The van der Waals surface area contributed by atoms with Crippen LogP contribution in [0.15, 0.2) is 0 Å². The van der Waals surface area contributed by atoms with Gasteiger partial charge in [-0.1, -0.05) is 19.3 Å². The Balaban J connectivity index is 0.00000147. The molecule has 4 unspecified atom stereocenters. The standard InChI is InChI=1S/C16H28N2O.ClH/c17-14-8-2-1-5-13(14)11-16(19)18-10-4-7-12-6-3-9-15(12)18;/h12-15H,1-11,17H2;1H. The monoisotopic (exact) mass is 300 g/mol. The number of amides is 1. The van der Waals surface area contributed by atoms with E-state index in [2.05, 4.69) is 4.90 Å². The van der Waals surface area contributed by atoms with Crippen molar-refractivity contribution in [2.45, 2.75) is 76.3 Å². The molecule has 2 aliphatic carbocycles. The van der Waals surface area contributed by atoms with Gasteiger partial charge >= 0.3 is 0 Å². The zero-order chi connectivity index (χ0) is 13.2. The van der Waals surface area contributed by atoms with Gasteiger partial charge in [-0.15, -0.1) is 12.4 Å². The van der Waals surface area contributed by atoms with Gasteiger partial charge in [0.25, 0.3) is 0 Å². The van der Waals surface area contributed by atoms with E-state index in [4.69, 9.17) is 5.73 Å². The van der Waals surface area contributed by atoms with Crippen molar-refractivity contribution in [3.8, 4) is 0 Å². The van der Waals surface area contributed by atoms with E-state index in [1.54, 1.807) is 0 Å². The highest BCUT2D eigenvalue weighted by atomic mass is 35.5. The number of likely N-dealkylation sites (tertiary alicyclic amines) is 1. The molecule has 1 amide bonds. The molecule has 116 valence electrons. The van der Waals surface area contributed by atoms with Gasteiger partial charge in [0.2, 0.25) is 5.91 Å². The maximum atomic E-state index is 12.6. The molecule has 4 heteroatoms. The summed E-state index contributed by atoms with van der Waals surface area (Å²) in [5.74, 6) is 1.65. The lowest BCUT2D eigenvalue weighted by atomic mass is 9.82. The van der Waals surface area contributed by atoms with Crippen LogP contribution >= 0.6 is 12.4 Å². The van der Waals surface area contributed by atoms with E-state index < -0.39 is 0 Å². The summed E-state index contributed by atoms with van der Waals surface area (Å²) in [5.41, 5.74) is 6.19. The molecule has 3 aliphatic rings. The number of nitrogens with zero attached hydrogens (tertiary/aromatic N) is 1. The van der Waals surface area contributed by atoms with Crippen LogP contribution in [-0.4, -0.2) is 29.4 Å². The molecule has 3 rings (SSSR count). The first-order valence-corrected chi connectivity index (χ1v) is 8.31. The zero-order valence-electron chi connectivity index (χ0n) is 12.4. The van der Waals surface area contributed by atoms with Gasteiger partial charge in [0.15, 0.2) is 0 Å². The molecule has 2 N–H and O–H groups in total. The second kappa shape index (κ2) is 7.13. The largest absolute Gasteiger partial charge is 0.339 e. The van der Waals surface area contributed by atoms with E-state index in [1.165, 1.54) is 44.9 Å². The molecule has 20 heavy (non-hydrogen) atoms. The third kappa shape index (κ3) is 3.30. The highest BCUT2D eigenvalue weighted by molar-refractivity contribution is 5.85. The van der Waals surface area contributed by atoms with Gasteiger partial charge in [0.05, 0.1) is 0 Å². The Morgan fingerprint density at radius 1 is 1.00 bits per heavy atom. The first-order chi connectivity index (χ1) is 9.25. The molecular formula is C16H29ClN2O. The number of carbonyl (C=O) groups excluding carboxylic acids is 1. The number of piperidine rings is 1. The van der Waals surface area contributed by atoms with Crippen molar-refractivity contribution in [3.63, 3.8) is 0 Å². The van der Waals surface area contributed by atoms with Crippen LogP contribution in [0.1, 0.15) is 64.2 Å². The number of carbonyl (C=O) groups is 1. The van der Waals surface area contributed by atoms with Gasteiger partial charge in [-0.2, -0.15) is 0 Å². The van der Waals surface area contributed by atoms with E-state index in [-0.39, 0.29) is 18.4 Å². The fourth-order valence-corrected chi connectivity index (χ4v) is 4.59. The summed E-state index contributed by atoms with van der Waals surface area (Å²) in [6.45, 7) is 1.00. The fourth-order valence-electron chi connectivity index (χ4n) is 4.59. The van der Waals surface area contributed by atoms with Crippen molar-refractivity contribution >= 4 is 18.3 Å². The number of rotatable bonds is 2. The second-order valence-electron chi connectivity index (χ2n) is 6.90. The molecule has 0 aromatic carbocycles. The molecule has 1 heterocycles. The molecule has 0 bridgehead atoms. The van der Waals surface area contributed by atoms with Crippen LogP contribution in [0.5, 0.6) is 0 Å². The first-order valence-electron chi connectivity index (χ1n) is 8.31. The third-order valence-electron chi connectivity index (χ3n) is 5.72. The molecule has 1 saturated heterocycles. The predicted octanol–water partition coefficient (Wildman–Crippen LogP) is 3.11. The lowest BCUT2D eigenvalue weighted by Gasteiger charge is -2.39.